The van der Waals surface area contributed by atoms with E-state index in [9.17, 15) is 14.0 Å². The molecule has 0 saturated carbocycles. The Morgan fingerprint density at radius 2 is 2.08 bits per heavy atom. The molecule has 2 aliphatic rings. The molecule has 8 heteroatoms. The first-order valence-corrected chi connectivity index (χ1v) is 12.9. The Hall–Kier alpha value is -3.03. The number of hydrogen-bond acceptors (Lipinski definition) is 4. The van der Waals surface area contributed by atoms with Crippen LogP contribution in [0.4, 0.5) is 4.39 Å². The van der Waals surface area contributed by atoms with Gasteiger partial charge in [-0.15, -0.1) is 0 Å². The quantitative estimate of drug-likeness (QED) is 0.418. The summed E-state index contributed by atoms with van der Waals surface area (Å²) in [5.41, 5.74) is 2.85. The van der Waals surface area contributed by atoms with Crippen molar-refractivity contribution in [3.63, 3.8) is 0 Å². The zero-order chi connectivity index (χ0) is 25.1. The molecule has 188 valence electrons. The molecule has 2 aromatic carbocycles. The van der Waals surface area contributed by atoms with Crippen LogP contribution >= 0.6 is 11.6 Å². The Labute approximate surface area is 215 Å². The first-order valence-electron chi connectivity index (χ1n) is 12.5. The summed E-state index contributed by atoms with van der Waals surface area (Å²) in [7, 11) is 0. The molecular formula is C28H29ClFN3O3. The van der Waals surface area contributed by atoms with E-state index in [1.165, 1.54) is 12.1 Å². The van der Waals surface area contributed by atoms with Crippen LogP contribution in [-0.4, -0.2) is 58.9 Å². The van der Waals surface area contributed by atoms with E-state index in [-0.39, 0.29) is 17.6 Å². The molecule has 3 aromatic rings. The molecule has 2 amide bonds. The van der Waals surface area contributed by atoms with E-state index in [0.29, 0.717) is 61.7 Å². The van der Waals surface area contributed by atoms with Gasteiger partial charge >= 0.3 is 0 Å². The van der Waals surface area contributed by atoms with Crippen molar-refractivity contribution in [3.05, 3.63) is 64.9 Å². The van der Waals surface area contributed by atoms with Gasteiger partial charge in [-0.05, 0) is 61.6 Å². The van der Waals surface area contributed by atoms with Crippen LogP contribution in [0.5, 0.6) is 0 Å². The number of fused-ring (bicyclic) bond motifs is 1. The van der Waals surface area contributed by atoms with Gasteiger partial charge in [0, 0.05) is 61.2 Å². The minimum absolute atomic E-state index is 0.0449. The van der Waals surface area contributed by atoms with E-state index in [0.717, 1.165) is 35.9 Å². The van der Waals surface area contributed by atoms with Gasteiger partial charge in [0.2, 0.25) is 5.91 Å². The van der Waals surface area contributed by atoms with Crippen LogP contribution in [0, 0.1) is 5.82 Å². The van der Waals surface area contributed by atoms with Crippen molar-refractivity contribution >= 4 is 34.3 Å². The van der Waals surface area contributed by atoms with Crippen molar-refractivity contribution < 1.29 is 18.7 Å². The van der Waals surface area contributed by atoms with Crippen LogP contribution < -0.4 is 0 Å². The molecule has 2 fully saturated rings. The number of amides is 2. The standard InChI is InChI=1S/C28H29ClFN3O3/c29-22-6-1-5-20(16-22)27-21(15-19-9-10-23(30)17-24(19)31-27)18-33(28(35)25-7-3-14-36-25)13-4-12-32-11-2-8-26(32)34/h1,5-6,9-10,15-17,25H,2-4,7-8,11-14,18H2/t25-/m1/s1. The maximum Gasteiger partial charge on any atom is 0.252 e. The second-order valence-electron chi connectivity index (χ2n) is 9.44. The smallest absolute Gasteiger partial charge is 0.252 e. The van der Waals surface area contributed by atoms with Gasteiger partial charge < -0.3 is 14.5 Å². The van der Waals surface area contributed by atoms with Crippen LogP contribution in [0.25, 0.3) is 22.2 Å². The Balaban J connectivity index is 1.47. The van der Waals surface area contributed by atoms with Gasteiger partial charge in [-0.25, -0.2) is 9.37 Å². The zero-order valence-electron chi connectivity index (χ0n) is 20.1. The molecule has 0 N–H and O–H groups in total. The lowest BCUT2D eigenvalue weighted by molar-refractivity contribution is -0.141. The summed E-state index contributed by atoms with van der Waals surface area (Å²) in [6.45, 7) is 2.82. The van der Waals surface area contributed by atoms with Gasteiger partial charge in [0.05, 0.1) is 11.2 Å². The molecule has 6 nitrogen and oxygen atoms in total. The third-order valence-corrected chi connectivity index (χ3v) is 7.10. The number of benzene rings is 2. The fourth-order valence-corrected chi connectivity index (χ4v) is 5.22. The van der Waals surface area contributed by atoms with Gasteiger partial charge in [-0.1, -0.05) is 23.7 Å². The highest BCUT2D eigenvalue weighted by Gasteiger charge is 2.29. The number of halogens is 2. The summed E-state index contributed by atoms with van der Waals surface area (Å²) in [6, 6.07) is 13.9. The van der Waals surface area contributed by atoms with Crippen LogP contribution in [0.1, 0.15) is 37.7 Å². The minimum atomic E-state index is -0.449. The highest BCUT2D eigenvalue weighted by atomic mass is 35.5. The van der Waals surface area contributed by atoms with Crippen molar-refractivity contribution in [1.29, 1.82) is 0 Å². The number of ether oxygens (including phenoxy) is 1. The van der Waals surface area contributed by atoms with Gasteiger partial charge in [-0.3, -0.25) is 9.59 Å². The molecule has 0 aliphatic carbocycles. The lowest BCUT2D eigenvalue weighted by Crippen LogP contribution is -2.40. The third-order valence-electron chi connectivity index (χ3n) is 6.86. The molecule has 3 heterocycles. The molecule has 0 spiro atoms. The van der Waals surface area contributed by atoms with Crippen LogP contribution in [0.2, 0.25) is 5.02 Å². The summed E-state index contributed by atoms with van der Waals surface area (Å²) >= 11 is 6.27. The molecule has 2 saturated heterocycles. The normalized spacial score (nSPS) is 17.8. The molecule has 0 unspecified atom stereocenters. The highest BCUT2D eigenvalue weighted by molar-refractivity contribution is 6.30. The molecule has 0 bridgehead atoms. The van der Waals surface area contributed by atoms with Crippen molar-refractivity contribution in [2.45, 2.75) is 44.8 Å². The number of nitrogens with zero attached hydrogens (tertiary/aromatic N) is 3. The van der Waals surface area contributed by atoms with Crippen molar-refractivity contribution in [1.82, 2.24) is 14.8 Å². The minimum Gasteiger partial charge on any atom is -0.368 e. The van der Waals surface area contributed by atoms with E-state index in [1.54, 1.807) is 12.1 Å². The van der Waals surface area contributed by atoms with Crippen LogP contribution in [0.3, 0.4) is 0 Å². The van der Waals surface area contributed by atoms with Gasteiger partial charge in [-0.2, -0.15) is 0 Å². The monoisotopic (exact) mass is 509 g/mol. The molecule has 1 aromatic heterocycles. The summed E-state index contributed by atoms with van der Waals surface area (Å²) in [6.07, 6.45) is 3.30. The van der Waals surface area contributed by atoms with E-state index in [4.69, 9.17) is 21.3 Å². The SMILES string of the molecule is O=C1CCCN1CCCN(Cc1cc2ccc(F)cc2nc1-c1cccc(Cl)c1)C(=O)[C@H]1CCCO1. The summed E-state index contributed by atoms with van der Waals surface area (Å²) in [5.74, 6) is -0.218. The predicted molar refractivity (Wildman–Crippen MR) is 137 cm³/mol. The second-order valence-corrected chi connectivity index (χ2v) is 9.88. The van der Waals surface area contributed by atoms with E-state index < -0.39 is 6.10 Å². The van der Waals surface area contributed by atoms with Crippen molar-refractivity contribution in [3.8, 4) is 11.3 Å². The van der Waals surface area contributed by atoms with Gasteiger partial charge in [0.1, 0.15) is 11.9 Å². The Bertz CT molecular complexity index is 1280. The molecule has 2 aliphatic heterocycles. The summed E-state index contributed by atoms with van der Waals surface area (Å²) in [4.78, 5) is 34.0. The van der Waals surface area contributed by atoms with Crippen molar-refractivity contribution in [2.24, 2.45) is 0 Å². The first kappa shape index (κ1) is 24.7. The van der Waals surface area contributed by atoms with E-state index in [2.05, 4.69) is 0 Å². The largest absolute Gasteiger partial charge is 0.368 e. The zero-order valence-corrected chi connectivity index (χ0v) is 20.8. The molecular weight excluding hydrogens is 481 g/mol. The average molecular weight is 510 g/mol. The number of pyridine rings is 1. The van der Waals surface area contributed by atoms with Gasteiger partial charge in [0.25, 0.3) is 5.91 Å². The van der Waals surface area contributed by atoms with E-state index >= 15 is 0 Å². The van der Waals surface area contributed by atoms with Gasteiger partial charge in [0.15, 0.2) is 0 Å². The number of carbonyl (C=O) groups is 2. The first-order chi connectivity index (χ1) is 17.5. The Morgan fingerprint density at radius 1 is 1.19 bits per heavy atom. The van der Waals surface area contributed by atoms with Crippen LogP contribution in [-0.2, 0) is 20.9 Å². The van der Waals surface area contributed by atoms with E-state index in [1.807, 2.05) is 34.1 Å². The molecule has 5 rings (SSSR count). The third kappa shape index (κ3) is 5.52. The lowest BCUT2D eigenvalue weighted by atomic mass is 10.0. The predicted octanol–water partition coefficient (Wildman–Crippen LogP) is 5.21. The number of likely N-dealkylation sites (tertiary alicyclic amines) is 1. The Kier molecular flexibility index (Phi) is 7.48. The second kappa shape index (κ2) is 10.9. The molecule has 36 heavy (non-hydrogen) atoms. The molecule has 0 radical (unpaired) electrons. The lowest BCUT2D eigenvalue weighted by Gasteiger charge is -2.27. The summed E-state index contributed by atoms with van der Waals surface area (Å²) in [5, 5.41) is 1.37. The topological polar surface area (TPSA) is 62.7 Å². The number of rotatable bonds is 8. The van der Waals surface area contributed by atoms with Crippen molar-refractivity contribution in [2.75, 3.05) is 26.2 Å². The molecule has 1 atom stereocenters. The summed E-state index contributed by atoms with van der Waals surface area (Å²) < 4.78 is 19.7. The van der Waals surface area contributed by atoms with Crippen LogP contribution in [0.15, 0.2) is 48.5 Å². The fourth-order valence-electron chi connectivity index (χ4n) is 5.03. The Morgan fingerprint density at radius 3 is 2.83 bits per heavy atom. The number of aromatic nitrogens is 1. The number of carbonyl (C=O) groups excluding carboxylic acids is 2. The fraction of sp³-hybridized carbons (Fsp3) is 0.393. The maximum absolute atomic E-state index is 14.0. The maximum atomic E-state index is 14.0. The average Bonchev–Trinajstić information content (AvgIpc) is 3.55. The highest BCUT2D eigenvalue weighted by Crippen LogP contribution is 2.30. The number of hydrogen-bond donors (Lipinski definition) is 0.